The van der Waals surface area contributed by atoms with Crippen LogP contribution in [0.4, 0.5) is 5.82 Å². The number of nitrogens with one attached hydrogen (secondary N) is 1. The molecule has 1 N–H and O–H groups in total. The van der Waals surface area contributed by atoms with Crippen LogP contribution >= 0.6 is 11.6 Å². The van der Waals surface area contributed by atoms with Crippen LogP contribution in [0.2, 0.25) is 5.02 Å². The predicted octanol–water partition coefficient (Wildman–Crippen LogP) is 5.12. The molecule has 1 atom stereocenters. The Bertz CT molecular complexity index is 1220. The van der Waals surface area contributed by atoms with Crippen LogP contribution in [0, 0.1) is 20.8 Å². The normalized spacial score (nSPS) is 19.5. The Morgan fingerprint density at radius 2 is 2.06 bits per heavy atom. The van der Waals surface area contributed by atoms with E-state index >= 15 is 0 Å². The third-order valence-corrected chi connectivity index (χ3v) is 7.54. The van der Waals surface area contributed by atoms with Gasteiger partial charge < -0.3 is 24.2 Å². The van der Waals surface area contributed by atoms with Gasteiger partial charge in [-0.1, -0.05) is 16.8 Å². The number of halogens is 1. The minimum absolute atomic E-state index is 0.0699. The Kier molecular flexibility index (Phi) is 7.19. The molecule has 2 saturated heterocycles. The van der Waals surface area contributed by atoms with Crippen LogP contribution in [0.15, 0.2) is 22.7 Å². The molecule has 36 heavy (non-hydrogen) atoms. The van der Waals surface area contributed by atoms with Gasteiger partial charge in [-0.3, -0.25) is 0 Å². The fraction of sp³-hybridized carbons (Fsp3) is 0.519. The van der Waals surface area contributed by atoms with Crippen LogP contribution < -0.4 is 15.0 Å². The van der Waals surface area contributed by atoms with Crippen molar-refractivity contribution in [2.24, 2.45) is 0 Å². The minimum Gasteiger partial charge on any atom is -0.494 e. The van der Waals surface area contributed by atoms with Crippen LogP contribution in [0.3, 0.4) is 0 Å². The van der Waals surface area contributed by atoms with E-state index in [0.29, 0.717) is 17.5 Å². The first-order chi connectivity index (χ1) is 17.4. The molecule has 3 aromatic rings. The number of anilines is 1. The van der Waals surface area contributed by atoms with E-state index in [0.717, 1.165) is 97.3 Å². The lowest BCUT2D eigenvalue weighted by molar-refractivity contribution is 0.0231. The summed E-state index contributed by atoms with van der Waals surface area (Å²) in [4.78, 5) is 12.4. The summed E-state index contributed by atoms with van der Waals surface area (Å²) in [6.07, 6.45) is 4.12. The van der Waals surface area contributed by atoms with Crippen molar-refractivity contribution in [1.82, 2.24) is 20.4 Å². The van der Waals surface area contributed by atoms with Crippen molar-refractivity contribution >= 4 is 17.4 Å². The van der Waals surface area contributed by atoms with E-state index < -0.39 is 0 Å². The standard InChI is InChI=1S/C27H34ClN5O3/c1-17-24(23-18(2)32-36-19(23)3)30-25(21-15-20(7-8-22(21)28)34-13-6-11-29-4)31-26(17)33-12-10-27(16-33)9-5-14-35-27/h7-8,15,29H,5-6,9-14,16H2,1-4H3. The molecule has 0 radical (unpaired) electrons. The Balaban J connectivity index is 1.58. The lowest BCUT2D eigenvalue weighted by atomic mass is 10.00. The zero-order chi connectivity index (χ0) is 25.3. The highest BCUT2D eigenvalue weighted by molar-refractivity contribution is 6.33. The number of nitrogens with zero attached hydrogens (tertiary/aromatic N) is 4. The van der Waals surface area contributed by atoms with Gasteiger partial charge in [0.1, 0.15) is 17.3 Å². The van der Waals surface area contributed by atoms with Crippen LogP contribution in [0.25, 0.3) is 22.6 Å². The SMILES string of the molecule is CNCCCOc1ccc(Cl)c(-c2nc(-c3c(C)noc3C)c(C)c(N3CCC4(CCCO4)C3)n2)c1. The molecule has 4 heterocycles. The summed E-state index contributed by atoms with van der Waals surface area (Å²) in [5.74, 6) is 2.94. The molecule has 2 fully saturated rings. The highest BCUT2D eigenvalue weighted by Crippen LogP contribution is 2.41. The molecule has 8 nitrogen and oxygen atoms in total. The third kappa shape index (κ3) is 4.82. The first-order valence-corrected chi connectivity index (χ1v) is 13.1. The monoisotopic (exact) mass is 511 g/mol. The van der Waals surface area contributed by atoms with Gasteiger partial charge in [-0.2, -0.15) is 0 Å². The number of benzene rings is 1. The van der Waals surface area contributed by atoms with Crippen LogP contribution in [-0.2, 0) is 4.74 Å². The first-order valence-electron chi connectivity index (χ1n) is 12.7. The fourth-order valence-corrected chi connectivity index (χ4v) is 5.51. The Labute approximate surface area is 217 Å². The smallest absolute Gasteiger partial charge is 0.163 e. The van der Waals surface area contributed by atoms with E-state index in [1.807, 2.05) is 39.1 Å². The summed E-state index contributed by atoms with van der Waals surface area (Å²) >= 11 is 6.69. The zero-order valence-corrected chi connectivity index (χ0v) is 22.2. The van der Waals surface area contributed by atoms with Crippen LogP contribution in [0.1, 0.15) is 42.7 Å². The van der Waals surface area contributed by atoms with Crippen molar-refractivity contribution in [3.63, 3.8) is 0 Å². The Morgan fingerprint density at radius 1 is 1.19 bits per heavy atom. The molecule has 0 amide bonds. The van der Waals surface area contributed by atoms with Gasteiger partial charge in [-0.05, 0) is 78.2 Å². The van der Waals surface area contributed by atoms with Gasteiger partial charge in [0.15, 0.2) is 5.82 Å². The van der Waals surface area contributed by atoms with Gasteiger partial charge >= 0.3 is 0 Å². The molecule has 2 aromatic heterocycles. The molecule has 1 unspecified atom stereocenters. The summed E-state index contributed by atoms with van der Waals surface area (Å²) < 4.78 is 17.7. The number of rotatable bonds is 8. The molecule has 1 aromatic carbocycles. The highest BCUT2D eigenvalue weighted by Gasteiger charge is 2.42. The predicted molar refractivity (Wildman–Crippen MR) is 141 cm³/mol. The molecule has 1 spiro atoms. The largest absolute Gasteiger partial charge is 0.494 e. The average molecular weight is 512 g/mol. The number of hydrogen-bond donors (Lipinski definition) is 1. The average Bonchev–Trinajstić information content (AvgIpc) is 3.60. The minimum atomic E-state index is -0.0699. The lowest BCUT2D eigenvalue weighted by Gasteiger charge is -2.25. The molecule has 5 rings (SSSR count). The number of aromatic nitrogens is 3. The molecule has 0 bridgehead atoms. The van der Waals surface area contributed by atoms with Gasteiger partial charge in [0.25, 0.3) is 0 Å². The Morgan fingerprint density at radius 3 is 2.78 bits per heavy atom. The molecule has 0 saturated carbocycles. The van der Waals surface area contributed by atoms with Crippen LogP contribution in [-0.4, -0.2) is 60.6 Å². The van der Waals surface area contributed by atoms with E-state index in [1.54, 1.807) is 0 Å². The molecule has 9 heteroatoms. The van der Waals surface area contributed by atoms with Crippen molar-refractivity contribution < 1.29 is 14.0 Å². The fourth-order valence-electron chi connectivity index (χ4n) is 5.30. The van der Waals surface area contributed by atoms with E-state index in [4.69, 9.17) is 35.6 Å². The molecule has 0 aliphatic carbocycles. The second kappa shape index (κ2) is 10.4. The second-order valence-corrected chi connectivity index (χ2v) is 10.2. The van der Waals surface area contributed by atoms with E-state index in [1.165, 1.54) is 0 Å². The third-order valence-electron chi connectivity index (χ3n) is 7.21. The van der Waals surface area contributed by atoms with Crippen molar-refractivity contribution in [2.75, 3.05) is 44.8 Å². The summed E-state index contributed by atoms with van der Waals surface area (Å²) in [6, 6.07) is 5.66. The van der Waals surface area contributed by atoms with E-state index in [9.17, 15) is 0 Å². The van der Waals surface area contributed by atoms with Gasteiger partial charge in [0.05, 0.1) is 34.2 Å². The number of ether oxygens (including phenoxy) is 2. The maximum atomic E-state index is 6.69. The summed E-state index contributed by atoms with van der Waals surface area (Å²) in [7, 11) is 1.93. The highest BCUT2D eigenvalue weighted by atomic mass is 35.5. The summed E-state index contributed by atoms with van der Waals surface area (Å²) in [5.41, 5.74) is 4.19. The van der Waals surface area contributed by atoms with Crippen LogP contribution in [0.5, 0.6) is 5.75 Å². The second-order valence-electron chi connectivity index (χ2n) is 9.80. The Hall–Kier alpha value is -2.68. The van der Waals surface area contributed by atoms with Crippen molar-refractivity contribution in [1.29, 1.82) is 0 Å². The zero-order valence-electron chi connectivity index (χ0n) is 21.5. The molecule has 192 valence electrons. The maximum Gasteiger partial charge on any atom is 0.163 e. The molecule has 2 aliphatic heterocycles. The van der Waals surface area contributed by atoms with Gasteiger partial charge in [0, 0.05) is 30.8 Å². The first kappa shape index (κ1) is 25.0. The van der Waals surface area contributed by atoms with Gasteiger partial charge in [-0.15, -0.1) is 0 Å². The van der Waals surface area contributed by atoms with Gasteiger partial charge in [-0.25, -0.2) is 9.97 Å². The van der Waals surface area contributed by atoms with Crippen molar-refractivity contribution in [3.8, 4) is 28.4 Å². The van der Waals surface area contributed by atoms with Crippen molar-refractivity contribution in [2.45, 2.75) is 52.1 Å². The molecular formula is C27H34ClN5O3. The quantitative estimate of drug-likeness (QED) is 0.417. The molecular weight excluding hydrogens is 478 g/mol. The topological polar surface area (TPSA) is 85.5 Å². The summed E-state index contributed by atoms with van der Waals surface area (Å²) in [5, 5.41) is 7.90. The van der Waals surface area contributed by atoms with Crippen molar-refractivity contribution in [3.05, 3.63) is 40.2 Å². The van der Waals surface area contributed by atoms with E-state index in [2.05, 4.69) is 22.3 Å². The molecule has 2 aliphatic rings. The number of aryl methyl sites for hydroxylation is 2. The number of hydrogen-bond acceptors (Lipinski definition) is 8. The maximum absolute atomic E-state index is 6.69. The lowest BCUT2D eigenvalue weighted by Crippen LogP contribution is -2.33. The summed E-state index contributed by atoms with van der Waals surface area (Å²) in [6.45, 7) is 9.99. The van der Waals surface area contributed by atoms with E-state index in [-0.39, 0.29) is 5.60 Å². The van der Waals surface area contributed by atoms with Gasteiger partial charge in [0.2, 0.25) is 0 Å².